The SMILES string of the molecule is O=C(Nc1ccc(Cl)cc1)Nc1ccccc1Sc1ccccc1. The standard InChI is InChI=1S/C19H15ClN2OS/c20-14-10-12-15(13-11-14)21-19(23)22-17-8-4-5-9-18(17)24-16-6-2-1-3-7-16/h1-13H,(H2,21,22,23). The van der Waals surface area contributed by atoms with E-state index >= 15 is 0 Å². The average molecular weight is 355 g/mol. The van der Waals surface area contributed by atoms with Crippen LogP contribution in [0.15, 0.2) is 88.7 Å². The van der Waals surface area contributed by atoms with Crippen molar-refractivity contribution in [1.82, 2.24) is 0 Å². The Kier molecular flexibility index (Phi) is 5.41. The van der Waals surface area contributed by atoms with Crippen molar-refractivity contribution in [3.8, 4) is 0 Å². The molecule has 120 valence electrons. The Bertz CT molecular complexity index is 822. The van der Waals surface area contributed by atoms with Crippen LogP contribution in [0.3, 0.4) is 0 Å². The molecule has 0 unspecified atom stereocenters. The van der Waals surface area contributed by atoms with Gasteiger partial charge in [0.25, 0.3) is 0 Å². The molecule has 0 atom stereocenters. The van der Waals surface area contributed by atoms with E-state index in [1.165, 1.54) is 0 Å². The average Bonchev–Trinajstić information content (AvgIpc) is 2.60. The van der Waals surface area contributed by atoms with Crippen molar-refractivity contribution in [2.75, 3.05) is 10.6 Å². The summed E-state index contributed by atoms with van der Waals surface area (Å²) in [6, 6.07) is 24.4. The van der Waals surface area contributed by atoms with Crippen LogP contribution in [0, 0.1) is 0 Å². The van der Waals surface area contributed by atoms with Gasteiger partial charge in [-0.2, -0.15) is 0 Å². The second-order valence-electron chi connectivity index (χ2n) is 5.00. The Hall–Kier alpha value is -2.43. The Balaban J connectivity index is 1.70. The zero-order valence-corrected chi connectivity index (χ0v) is 14.3. The highest BCUT2D eigenvalue weighted by Crippen LogP contribution is 2.33. The molecule has 3 aromatic carbocycles. The minimum atomic E-state index is -0.293. The number of amides is 2. The molecule has 0 aliphatic rings. The molecule has 2 N–H and O–H groups in total. The summed E-state index contributed by atoms with van der Waals surface area (Å²) < 4.78 is 0. The third-order valence-corrected chi connectivity index (χ3v) is 4.54. The van der Waals surface area contributed by atoms with Crippen molar-refractivity contribution in [1.29, 1.82) is 0 Å². The number of halogens is 1. The van der Waals surface area contributed by atoms with Crippen molar-refractivity contribution in [2.24, 2.45) is 0 Å². The second-order valence-corrected chi connectivity index (χ2v) is 6.55. The second kappa shape index (κ2) is 7.90. The number of hydrogen-bond acceptors (Lipinski definition) is 2. The van der Waals surface area contributed by atoms with E-state index in [1.807, 2.05) is 54.6 Å². The van der Waals surface area contributed by atoms with Crippen LogP contribution in [-0.2, 0) is 0 Å². The van der Waals surface area contributed by atoms with E-state index in [1.54, 1.807) is 36.0 Å². The molecule has 2 amide bonds. The van der Waals surface area contributed by atoms with Crippen LogP contribution in [0.25, 0.3) is 0 Å². The quantitative estimate of drug-likeness (QED) is 0.591. The van der Waals surface area contributed by atoms with Crippen LogP contribution in [-0.4, -0.2) is 6.03 Å². The van der Waals surface area contributed by atoms with E-state index in [2.05, 4.69) is 10.6 Å². The molecule has 0 saturated carbocycles. The van der Waals surface area contributed by atoms with Crippen molar-refractivity contribution in [2.45, 2.75) is 9.79 Å². The van der Waals surface area contributed by atoms with E-state index < -0.39 is 0 Å². The first-order chi connectivity index (χ1) is 11.7. The van der Waals surface area contributed by atoms with Gasteiger partial charge < -0.3 is 10.6 Å². The van der Waals surface area contributed by atoms with E-state index in [-0.39, 0.29) is 6.03 Å². The third-order valence-electron chi connectivity index (χ3n) is 3.21. The summed E-state index contributed by atoms with van der Waals surface area (Å²) in [7, 11) is 0. The van der Waals surface area contributed by atoms with Gasteiger partial charge in [-0.25, -0.2) is 4.79 Å². The monoisotopic (exact) mass is 354 g/mol. The summed E-state index contributed by atoms with van der Waals surface area (Å²) in [5.41, 5.74) is 1.45. The summed E-state index contributed by atoms with van der Waals surface area (Å²) in [6.07, 6.45) is 0. The summed E-state index contributed by atoms with van der Waals surface area (Å²) in [4.78, 5) is 14.3. The molecule has 5 heteroatoms. The largest absolute Gasteiger partial charge is 0.323 e. The van der Waals surface area contributed by atoms with Gasteiger partial charge in [-0.1, -0.05) is 53.7 Å². The van der Waals surface area contributed by atoms with Gasteiger partial charge in [-0.05, 0) is 48.5 Å². The molecule has 0 saturated heterocycles. The molecule has 24 heavy (non-hydrogen) atoms. The van der Waals surface area contributed by atoms with Crippen LogP contribution in [0.1, 0.15) is 0 Å². The molecule has 0 spiro atoms. The third kappa shape index (κ3) is 4.54. The van der Waals surface area contributed by atoms with E-state index in [4.69, 9.17) is 11.6 Å². The number of urea groups is 1. The van der Waals surface area contributed by atoms with Gasteiger partial charge in [-0.15, -0.1) is 0 Å². The van der Waals surface area contributed by atoms with E-state index in [0.29, 0.717) is 10.7 Å². The minimum absolute atomic E-state index is 0.293. The number of anilines is 2. The molecule has 0 heterocycles. The van der Waals surface area contributed by atoms with Crippen molar-refractivity contribution >= 4 is 40.8 Å². The summed E-state index contributed by atoms with van der Waals surface area (Å²) >= 11 is 7.45. The number of benzene rings is 3. The van der Waals surface area contributed by atoms with Crippen molar-refractivity contribution in [3.05, 3.63) is 83.9 Å². The Morgan fingerprint density at radius 2 is 1.46 bits per heavy atom. The van der Waals surface area contributed by atoms with Crippen LogP contribution in [0.5, 0.6) is 0 Å². The van der Waals surface area contributed by atoms with Gasteiger partial charge in [0.1, 0.15) is 0 Å². The molecule has 0 bridgehead atoms. The van der Waals surface area contributed by atoms with Gasteiger partial charge in [0.15, 0.2) is 0 Å². The summed E-state index contributed by atoms with van der Waals surface area (Å²) in [5.74, 6) is 0. The van der Waals surface area contributed by atoms with E-state index in [0.717, 1.165) is 15.5 Å². The first-order valence-electron chi connectivity index (χ1n) is 7.36. The molecule has 0 aliphatic heterocycles. The fraction of sp³-hybridized carbons (Fsp3) is 0. The smallest absolute Gasteiger partial charge is 0.308 e. The number of rotatable bonds is 4. The van der Waals surface area contributed by atoms with Gasteiger partial charge in [0.2, 0.25) is 0 Å². The van der Waals surface area contributed by atoms with Crippen LogP contribution < -0.4 is 10.6 Å². The number of carbonyl (C=O) groups excluding carboxylic acids is 1. The Labute approximate surface area is 150 Å². The lowest BCUT2D eigenvalue weighted by Gasteiger charge is -2.12. The first kappa shape index (κ1) is 16.4. The zero-order valence-electron chi connectivity index (χ0n) is 12.7. The highest BCUT2D eigenvalue weighted by Gasteiger charge is 2.08. The van der Waals surface area contributed by atoms with Crippen molar-refractivity contribution in [3.63, 3.8) is 0 Å². The minimum Gasteiger partial charge on any atom is -0.308 e. The first-order valence-corrected chi connectivity index (χ1v) is 8.56. The lowest BCUT2D eigenvalue weighted by molar-refractivity contribution is 0.262. The maximum absolute atomic E-state index is 12.2. The van der Waals surface area contributed by atoms with Crippen LogP contribution >= 0.6 is 23.4 Å². The molecular weight excluding hydrogens is 340 g/mol. The molecule has 3 nitrogen and oxygen atoms in total. The predicted molar refractivity (Wildman–Crippen MR) is 101 cm³/mol. The fourth-order valence-electron chi connectivity index (χ4n) is 2.09. The van der Waals surface area contributed by atoms with Crippen molar-refractivity contribution < 1.29 is 4.79 Å². The molecule has 0 radical (unpaired) electrons. The topological polar surface area (TPSA) is 41.1 Å². The zero-order chi connectivity index (χ0) is 16.8. The van der Waals surface area contributed by atoms with Gasteiger partial charge in [0.05, 0.1) is 5.69 Å². The summed E-state index contributed by atoms with van der Waals surface area (Å²) in [5, 5.41) is 6.31. The Morgan fingerprint density at radius 1 is 0.792 bits per heavy atom. The number of para-hydroxylation sites is 1. The maximum atomic E-state index is 12.2. The molecule has 3 aromatic rings. The molecule has 3 rings (SSSR count). The Morgan fingerprint density at radius 3 is 2.21 bits per heavy atom. The van der Waals surface area contributed by atoms with Gasteiger partial charge in [-0.3, -0.25) is 0 Å². The number of nitrogens with one attached hydrogen (secondary N) is 2. The van der Waals surface area contributed by atoms with E-state index in [9.17, 15) is 4.79 Å². The summed E-state index contributed by atoms with van der Waals surface area (Å²) in [6.45, 7) is 0. The van der Waals surface area contributed by atoms with Crippen LogP contribution in [0.4, 0.5) is 16.2 Å². The van der Waals surface area contributed by atoms with Gasteiger partial charge >= 0.3 is 6.03 Å². The lowest BCUT2D eigenvalue weighted by atomic mass is 10.3. The number of carbonyl (C=O) groups is 1. The molecule has 0 aliphatic carbocycles. The molecule has 0 aromatic heterocycles. The number of hydrogen-bond donors (Lipinski definition) is 2. The fourth-order valence-corrected chi connectivity index (χ4v) is 3.14. The highest BCUT2D eigenvalue weighted by molar-refractivity contribution is 7.99. The van der Waals surface area contributed by atoms with Crippen LogP contribution in [0.2, 0.25) is 5.02 Å². The molecule has 0 fully saturated rings. The maximum Gasteiger partial charge on any atom is 0.323 e. The molecular formula is C19H15ClN2OS. The predicted octanol–water partition coefficient (Wildman–Crippen LogP) is 6.14. The highest BCUT2D eigenvalue weighted by atomic mass is 35.5. The lowest BCUT2D eigenvalue weighted by Crippen LogP contribution is -2.19. The normalized spacial score (nSPS) is 10.2. The van der Waals surface area contributed by atoms with Gasteiger partial charge in [0, 0.05) is 20.5 Å².